The molecular weight excluding hydrogens is 384 g/mol. The van der Waals surface area contributed by atoms with Crippen molar-refractivity contribution in [2.45, 2.75) is 32.6 Å². The van der Waals surface area contributed by atoms with Gasteiger partial charge in [0.05, 0.1) is 4.90 Å². The number of hydrogen-bond acceptors (Lipinski definition) is 3. The Morgan fingerprint density at radius 1 is 0.793 bits per heavy atom. The minimum Gasteiger partial charge on any atom is -0.322 e. The molecule has 150 valence electrons. The number of carbonyl (C=O) groups is 1. The van der Waals surface area contributed by atoms with Crippen LogP contribution < -0.4 is 10.0 Å². The molecule has 3 aromatic carbocycles. The van der Waals surface area contributed by atoms with Gasteiger partial charge in [-0.25, -0.2) is 8.42 Å². The highest BCUT2D eigenvalue weighted by Gasteiger charge is 2.20. The fourth-order valence-corrected chi connectivity index (χ4v) is 4.34. The number of aryl methyl sites for hydroxylation is 4. The van der Waals surface area contributed by atoms with Crippen molar-refractivity contribution < 1.29 is 13.2 Å². The number of rotatable bonds is 5. The average molecular weight is 409 g/mol. The number of anilines is 2. The lowest BCUT2D eigenvalue weighted by molar-refractivity contribution is 0.102. The van der Waals surface area contributed by atoms with E-state index in [0.29, 0.717) is 16.9 Å². The van der Waals surface area contributed by atoms with Gasteiger partial charge in [-0.2, -0.15) is 0 Å². The molecule has 6 heteroatoms. The van der Waals surface area contributed by atoms with Gasteiger partial charge >= 0.3 is 0 Å². The van der Waals surface area contributed by atoms with E-state index in [-0.39, 0.29) is 16.4 Å². The fraction of sp³-hybridized carbons (Fsp3) is 0.174. The second-order valence-electron chi connectivity index (χ2n) is 7.23. The van der Waals surface area contributed by atoms with E-state index in [9.17, 15) is 13.2 Å². The van der Waals surface area contributed by atoms with Gasteiger partial charge in [0, 0.05) is 16.9 Å². The highest BCUT2D eigenvalue weighted by Crippen LogP contribution is 2.23. The first kappa shape index (κ1) is 20.6. The van der Waals surface area contributed by atoms with E-state index < -0.39 is 10.0 Å². The first-order chi connectivity index (χ1) is 13.7. The van der Waals surface area contributed by atoms with Gasteiger partial charge in [0.15, 0.2) is 0 Å². The normalized spacial score (nSPS) is 11.2. The van der Waals surface area contributed by atoms with Crippen molar-refractivity contribution in [1.29, 1.82) is 0 Å². The maximum absolute atomic E-state index is 12.9. The standard InChI is InChI=1S/C23H24N2O3S/c1-15-6-5-7-20(12-15)25-29(27,28)22-14-19(11-10-18(22)4)23(26)24-21-13-16(2)8-9-17(21)3/h5-14,25H,1-4H3,(H,24,26). The van der Waals surface area contributed by atoms with Crippen LogP contribution in [0.2, 0.25) is 0 Å². The molecule has 0 atom stereocenters. The van der Waals surface area contributed by atoms with Gasteiger partial charge in [-0.3, -0.25) is 9.52 Å². The number of hydrogen-bond donors (Lipinski definition) is 2. The minimum atomic E-state index is -3.83. The predicted octanol–water partition coefficient (Wildman–Crippen LogP) is 4.97. The summed E-state index contributed by atoms with van der Waals surface area (Å²) in [7, 11) is -3.83. The third kappa shape index (κ3) is 4.84. The molecule has 0 aliphatic carbocycles. The predicted molar refractivity (Wildman–Crippen MR) is 117 cm³/mol. The molecule has 29 heavy (non-hydrogen) atoms. The maximum atomic E-state index is 12.9. The van der Waals surface area contributed by atoms with E-state index in [1.165, 1.54) is 6.07 Å². The van der Waals surface area contributed by atoms with Crippen LogP contribution in [0.25, 0.3) is 0 Å². The first-order valence-corrected chi connectivity index (χ1v) is 10.7. The Morgan fingerprint density at radius 3 is 2.21 bits per heavy atom. The Balaban J connectivity index is 1.91. The van der Waals surface area contributed by atoms with Gasteiger partial charge in [0.1, 0.15) is 0 Å². The van der Waals surface area contributed by atoms with Crippen LogP contribution in [0.3, 0.4) is 0 Å². The van der Waals surface area contributed by atoms with Crippen molar-refractivity contribution >= 4 is 27.3 Å². The van der Waals surface area contributed by atoms with Crippen LogP contribution >= 0.6 is 0 Å². The monoisotopic (exact) mass is 408 g/mol. The summed E-state index contributed by atoms with van der Waals surface area (Å²) < 4.78 is 28.4. The lowest BCUT2D eigenvalue weighted by Gasteiger charge is -2.13. The molecule has 0 heterocycles. The molecule has 2 N–H and O–H groups in total. The maximum Gasteiger partial charge on any atom is 0.262 e. The van der Waals surface area contributed by atoms with Gasteiger partial charge in [-0.1, -0.05) is 30.3 Å². The number of sulfonamides is 1. The molecule has 0 fully saturated rings. The molecule has 0 saturated carbocycles. The summed E-state index contributed by atoms with van der Waals surface area (Å²) in [5.41, 5.74) is 4.94. The van der Waals surface area contributed by atoms with E-state index in [1.807, 2.05) is 45.0 Å². The molecule has 0 aliphatic heterocycles. The Morgan fingerprint density at radius 2 is 1.48 bits per heavy atom. The molecule has 3 aromatic rings. The molecule has 0 aliphatic rings. The molecule has 1 amide bonds. The van der Waals surface area contributed by atoms with Crippen LogP contribution in [0.5, 0.6) is 0 Å². The molecular formula is C23H24N2O3S. The van der Waals surface area contributed by atoms with E-state index in [2.05, 4.69) is 10.0 Å². The number of carbonyl (C=O) groups excluding carboxylic acids is 1. The van der Waals surface area contributed by atoms with Crippen molar-refractivity contribution in [3.8, 4) is 0 Å². The second kappa shape index (κ2) is 8.09. The molecule has 5 nitrogen and oxygen atoms in total. The zero-order chi connectivity index (χ0) is 21.2. The summed E-state index contributed by atoms with van der Waals surface area (Å²) in [6.45, 7) is 7.45. The van der Waals surface area contributed by atoms with E-state index in [0.717, 1.165) is 16.7 Å². The highest BCUT2D eigenvalue weighted by molar-refractivity contribution is 7.92. The number of amides is 1. The zero-order valence-electron chi connectivity index (χ0n) is 16.9. The van der Waals surface area contributed by atoms with Crippen molar-refractivity contribution in [1.82, 2.24) is 0 Å². The SMILES string of the molecule is Cc1cccc(NS(=O)(=O)c2cc(C(=O)Nc3cc(C)ccc3C)ccc2C)c1. The smallest absolute Gasteiger partial charge is 0.262 e. The summed E-state index contributed by atoms with van der Waals surface area (Å²) in [5.74, 6) is -0.356. The summed E-state index contributed by atoms with van der Waals surface area (Å²) in [5, 5.41) is 2.87. The number of benzene rings is 3. The Labute approximate surface area is 171 Å². The van der Waals surface area contributed by atoms with Gasteiger partial charge in [-0.15, -0.1) is 0 Å². The summed E-state index contributed by atoms with van der Waals surface area (Å²) in [6.07, 6.45) is 0. The van der Waals surface area contributed by atoms with Crippen molar-refractivity contribution in [2.24, 2.45) is 0 Å². The van der Waals surface area contributed by atoms with E-state index >= 15 is 0 Å². The van der Waals surface area contributed by atoms with Crippen molar-refractivity contribution in [2.75, 3.05) is 10.0 Å². The zero-order valence-corrected chi connectivity index (χ0v) is 17.7. The Bertz CT molecular complexity index is 1180. The lowest BCUT2D eigenvalue weighted by Crippen LogP contribution is -2.17. The Hall–Kier alpha value is -3.12. The first-order valence-electron chi connectivity index (χ1n) is 9.24. The summed E-state index contributed by atoms with van der Waals surface area (Å²) in [6, 6.07) is 17.6. The lowest BCUT2D eigenvalue weighted by atomic mass is 10.1. The van der Waals surface area contributed by atoms with Crippen LogP contribution in [0.4, 0.5) is 11.4 Å². The van der Waals surface area contributed by atoms with Crippen molar-refractivity contribution in [3.63, 3.8) is 0 Å². The second-order valence-corrected chi connectivity index (χ2v) is 8.88. The van der Waals surface area contributed by atoms with Gasteiger partial charge in [0.2, 0.25) is 0 Å². The number of nitrogens with one attached hydrogen (secondary N) is 2. The summed E-state index contributed by atoms with van der Waals surface area (Å²) in [4.78, 5) is 12.8. The third-order valence-corrected chi connectivity index (χ3v) is 6.17. The van der Waals surface area contributed by atoms with Crippen LogP contribution in [0, 0.1) is 27.7 Å². The van der Waals surface area contributed by atoms with Gasteiger partial charge in [-0.05, 0) is 80.3 Å². The van der Waals surface area contributed by atoms with Crippen molar-refractivity contribution in [3.05, 3.63) is 88.5 Å². The van der Waals surface area contributed by atoms with Gasteiger partial charge < -0.3 is 5.32 Å². The van der Waals surface area contributed by atoms with Crippen LogP contribution in [0.1, 0.15) is 32.6 Å². The molecule has 0 aromatic heterocycles. The van der Waals surface area contributed by atoms with Crippen LogP contribution in [0.15, 0.2) is 65.6 Å². The fourth-order valence-electron chi connectivity index (χ4n) is 3.01. The molecule has 0 saturated heterocycles. The molecule has 3 rings (SSSR count). The highest BCUT2D eigenvalue weighted by atomic mass is 32.2. The molecule has 0 bridgehead atoms. The quantitative estimate of drug-likeness (QED) is 0.626. The topological polar surface area (TPSA) is 75.3 Å². The summed E-state index contributed by atoms with van der Waals surface area (Å²) >= 11 is 0. The van der Waals surface area contributed by atoms with Crippen LogP contribution in [-0.2, 0) is 10.0 Å². The van der Waals surface area contributed by atoms with E-state index in [1.54, 1.807) is 37.3 Å². The Kier molecular flexibility index (Phi) is 5.75. The average Bonchev–Trinajstić information content (AvgIpc) is 2.64. The largest absolute Gasteiger partial charge is 0.322 e. The molecule has 0 radical (unpaired) electrons. The molecule has 0 unspecified atom stereocenters. The van der Waals surface area contributed by atoms with Gasteiger partial charge in [0.25, 0.3) is 15.9 Å². The minimum absolute atomic E-state index is 0.0765. The van der Waals surface area contributed by atoms with Crippen LogP contribution in [-0.4, -0.2) is 14.3 Å². The third-order valence-electron chi connectivity index (χ3n) is 4.65. The van der Waals surface area contributed by atoms with E-state index in [4.69, 9.17) is 0 Å². The molecule has 0 spiro atoms.